The summed E-state index contributed by atoms with van der Waals surface area (Å²) in [6.07, 6.45) is 1.11. The van der Waals surface area contributed by atoms with E-state index in [0.717, 1.165) is 12.1 Å². The minimum Gasteiger partial charge on any atom is -0.492 e. The number of amides is 1. The van der Waals surface area contributed by atoms with E-state index in [4.69, 9.17) is 4.84 Å². The quantitative estimate of drug-likeness (QED) is 0.803. The lowest BCUT2D eigenvalue weighted by Gasteiger charge is -2.33. The maximum absolute atomic E-state index is 12.0. The topological polar surface area (TPSA) is 78.2 Å². The Kier molecular flexibility index (Phi) is 4.54. The Balaban J connectivity index is 1.86. The second-order valence-corrected chi connectivity index (χ2v) is 4.83. The summed E-state index contributed by atoms with van der Waals surface area (Å²) in [5.41, 5.74) is 0.938. The van der Waals surface area contributed by atoms with Gasteiger partial charge in [-0.2, -0.15) is 0 Å². The summed E-state index contributed by atoms with van der Waals surface area (Å²) in [5.74, 6) is -0.663. The van der Waals surface area contributed by atoms with Crippen molar-refractivity contribution in [3.05, 3.63) is 36.9 Å². The number of carbonyl (C=O) groups excluding carboxylic acids is 1. The molecule has 1 aromatic rings. The molecule has 114 valence electrons. The Labute approximate surface area is 122 Å². The molecule has 0 bridgehead atoms. The summed E-state index contributed by atoms with van der Waals surface area (Å²) >= 11 is 0. The third-order valence-corrected chi connectivity index (χ3v) is 3.31. The Bertz CT molecular complexity index is 525. The highest BCUT2D eigenvalue weighted by Gasteiger charge is 2.24. The van der Waals surface area contributed by atoms with Crippen LogP contribution in [-0.2, 0) is 0 Å². The summed E-state index contributed by atoms with van der Waals surface area (Å²) < 4.78 is 0.689. The van der Waals surface area contributed by atoms with Crippen LogP contribution < -0.4 is 4.84 Å². The largest absolute Gasteiger partial charge is 0.492 e. The molecule has 0 aliphatic carbocycles. The molecule has 1 aliphatic heterocycles. The Morgan fingerprint density at radius 3 is 2.33 bits per heavy atom. The maximum Gasteiger partial charge on any atom is 0.434 e. The van der Waals surface area contributed by atoms with Gasteiger partial charge in [0, 0.05) is 44.9 Å². The van der Waals surface area contributed by atoms with Gasteiger partial charge in [0.25, 0.3) is 0 Å². The molecule has 1 fully saturated rings. The van der Waals surface area contributed by atoms with Gasteiger partial charge in [0.15, 0.2) is 0 Å². The molecular weight excluding hydrogens is 274 g/mol. The first kappa shape index (κ1) is 15.0. The van der Waals surface area contributed by atoms with Crippen molar-refractivity contribution in [1.29, 1.82) is 0 Å². The van der Waals surface area contributed by atoms with Crippen molar-refractivity contribution in [2.75, 3.05) is 32.7 Å². The van der Waals surface area contributed by atoms with Gasteiger partial charge in [0.1, 0.15) is 0 Å². The average molecular weight is 293 g/mol. The number of carbonyl (C=O) groups is 1. The van der Waals surface area contributed by atoms with Gasteiger partial charge in [0.05, 0.1) is 0 Å². The average Bonchev–Trinajstić information content (AvgIpc) is 2.79. The first-order valence-electron chi connectivity index (χ1n) is 6.60. The van der Waals surface area contributed by atoms with Crippen molar-refractivity contribution in [3.63, 3.8) is 0 Å². The van der Waals surface area contributed by atoms with Crippen molar-refractivity contribution in [3.8, 4) is 11.8 Å². The summed E-state index contributed by atoms with van der Waals surface area (Å²) in [4.78, 5) is 20.6. The molecule has 1 saturated heterocycles. The smallest absolute Gasteiger partial charge is 0.434 e. The van der Waals surface area contributed by atoms with E-state index in [2.05, 4.69) is 18.1 Å². The molecule has 7 nitrogen and oxygen atoms in total. The number of rotatable bonds is 4. The molecule has 1 aliphatic rings. The molecule has 0 radical (unpaired) electrons. The van der Waals surface area contributed by atoms with Crippen LogP contribution in [0.5, 0.6) is 11.8 Å². The fraction of sp³-hybridized carbons (Fsp3) is 0.357. The number of hydrogen-bond donors (Lipinski definition) is 2. The van der Waals surface area contributed by atoms with Crippen LogP contribution in [0.1, 0.15) is 0 Å². The minimum absolute atomic E-state index is 0.332. The summed E-state index contributed by atoms with van der Waals surface area (Å²) in [6, 6.07) is 2.48. The van der Waals surface area contributed by atoms with Crippen LogP contribution in [0, 0.1) is 0 Å². The van der Waals surface area contributed by atoms with Crippen LogP contribution in [0.25, 0.3) is 0 Å². The molecule has 2 rings (SSSR count). The first-order valence-corrected chi connectivity index (χ1v) is 6.60. The van der Waals surface area contributed by atoms with Crippen LogP contribution >= 0.6 is 0 Å². The molecule has 0 unspecified atom stereocenters. The Morgan fingerprint density at radius 2 is 1.81 bits per heavy atom. The minimum atomic E-state index is -0.612. The van der Waals surface area contributed by atoms with Gasteiger partial charge in [-0.25, -0.2) is 4.79 Å². The zero-order valence-corrected chi connectivity index (χ0v) is 11.7. The van der Waals surface area contributed by atoms with E-state index in [9.17, 15) is 15.0 Å². The number of piperazine rings is 1. The standard InChI is InChI=1S/C14H19N3O4/c1-3-11(2)10-15-6-8-16(9-7-15)14(20)21-17-12(18)4-5-13(17)19/h3-5,18-19H,1-2,6-10H2. The van der Waals surface area contributed by atoms with Crippen LogP contribution in [0.2, 0.25) is 0 Å². The highest BCUT2D eigenvalue weighted by Crippen LogP contribution is 2.19. The van der Waals surface area contributed by atoms with E-state index in [1.165, 1.54) is 17.0 Å². The van der Waals surface area contributed by atoms with E-state index in [1.807, 2.05) is 0 Å². The van der Waals surface area contributed by atoms with Crippen LogP contribution in [0.15, 0.2) is 36.9 Å². The van der Waals surface area contributed by atoms with Gasteiger partial charge in [-0.1, -0.05) is 19.2 Å². The van der Waals surface area contributed by atoms with Crippen molar-refractivity contribution in [2.24, 2.45) is 0 Å². The third kappa shape index (κ3) is 3.57. The van der Waals surface area contributed by atoms with Crippen LogP contribution in [0.3, 0.4) is 0 Å². The van der Waals surface area contributed by atoms with Gasteiger partial charge in [0.2, 0.25) is 11.8 Å². The lowest BCUT2D eigenvalue weighted by molar-refractivity contribution is 0.0583. The highest BCUT2D eigenvalue weighted by molar-refractivity contribution is 5.68. The highest BCUT2D eigenvalue weighted by atomic mass is 16.7. The molecule has 0 saturated carbocycles. The molecule has 0 atom stereocenters. The van der Waals surface area contributed by atoms with Gasteiger partial charge in [-0.3, -0.25) is 4.90 Å². The summed E-state index contributed by atoms with van der Waals surface area (Å²) in [7, 11) is 0. The lowest BCUT2D eigenvalue weighted by atomic mass is 10.2. The predicted octanol–water partition coefficient (Wildman–Crippen LogP) is 0.808. The molecule has 0 spiro atoms. The summed E-state index contributed by atoms with van der Waals surface area (Å²) in [5, 5.41) is 18.9. The number of nitrogens with zero attached hydrogens (tertiary/aromatic N) is 3. The fourth-order valence-electron chi connectivity index (χ4n) is 2.07. The Hall–Kier alpha value is -2.41. The molecular formula is C14H19N3O4. The fourth-order valence-corrected chi connectivity index (χ4v) is 2.07. The maximum atomic E-state index is 12.0. The second-order valence-electron chi connectivity index (χ2n) is 4.83. The number of aromatic nitrogens is 1. The normalized spacial score (nSPS) is 15.7. The van der Waals surface area contributed by atoms with E-state index < -0.39 is 6.09 Å². The molecule has 2 N–H and O–H groups in total. The Morgan fingerprint density at radius 1 is 1.24 bits per heavy atom. The first-order chi connectivity index (χ1) is 10.0. The van der Waals surface area contributed by atoms with E-state index in [1.54, 1.807) is 6.08 Å². The zero-order valence-electron chi connectivity index (χ0n) is 11.7. The monoisotopic (exact) mass is 293 g/mol. The lowest BCUT2D eigenvalue weighted by Crippen LogP contribution is -2.50. The van der Waals surface area contributed by atoms with Gasteiger partial charge >= 0.3 is 6.09 Å². The molecule has 1 amide bonds. The van der Waals surface area contributed by atoms with E-state index in [-0.39, 0.29) is 11.8 Å². The van der Waals surface area contributed by atoms with Crippen molar-refractivity contribution in [1.82, 2.24) is 14.5 Å². The van der Waals surface area contributed by atoms with Crippen molar-refractivity contribution >= 4 is 6.09 Å². The van der Waals surface area contributed by atoms with Crippen LogP contribution in [-0.4, -0.2) is 63.6 Å². The van der Waals surface area contributed by atoms with Crippen LogP contribution in [0.4, 0.5) is 4.79 Å². The second kappa shape index (κ2) is 6.36. The zero-order chi connectivity index (χ0) is 15.4. The molecule has 21 heavy (non-hydrogen) atoms. The van der Waals surface area contributed by atoms with Gasteiger partial charge in [-0.05, 0) is 5.57 Å². The number of aromatic hydroxyl groups is 2. The molecule has 2 heterocycles. The number of hydrogen-bond acceptors (Lipinski definition) is 5. The van der Waals surface area contributed by atoms with Crippen molar-refractivity contribution in [2.45, 2.75) is 0 Å². The molecule has 1 aromatic heterocycles. The van der Waals surface area contributed by atoms with E-state index >= 15 is 0 Å². The van der Waals surface area contributed by atoms with Gasteiger partial charge in [-0.15, -0.1) is 4.73 Å². The van der Waals surface area contributed by atoms with Gasteiger partial charge < -0.3 is 20.0 Å². The van der Waals surface area contributed by atoms with E-state index in [0.29, 0.717) is 30.9 Å². The molecule has 0 aromatic carbocycles. The summed E-state index contributed by atoms with van der Waals surface area (Å²) in [6.45, 7) is 10.7. The predicted molar refractivity (Wildman–Crippen MR) is 77.1 cm³/mol. The molecule has 7 heteroatoms. The van der Waals surface area contributed by atoms with Crippen molar-refractivity contribution < 1.29 is 19.8 Å². The SMILES string of the molecule is C=CC(=C)CN1CCN(C(=O)On2c(O)ccc2O)CC1. The third-order valence-electron chi connectivity index (χ3n) is 3.31.